The summed E-state index contributed by atoms with van der Waals surface area (Å²) < 4.78 is 1.42. The third-order valence-electron chi connectivity index (χ3n) is 3.82. The number of anilines is 2. The van der Waals surface area contributed by atoms with Crippen LogP contribution in [0, 0.1) is 5.92 Å². The molecule has 25 heavy (non-hydrogen) atoms. The number of nitrogens with zero attached hydrogens (tertiary/aromatic N) is 2. The molecule has 0 saturated carbocycles. The van der Waals surface area contributed by atoms with Crippen molar-refractivity contribution >= 4 is 28.8 Å². The predicted molar refractivity (Wildman–Crippen MR) is 108 cm³/mol. The van der Waals surface area contributed by atoms with Gasteiger partial charge in [0.2, 0.25) is 0 Å². The molecule has 0 aliphatic carbocycles. The van der Waals surface area contributed by atoms with Crippen molar-refractivity contribution in [1.82, 2.24) is 14.9 Å². The Labute approximate surface area is 154 Å². The summed E-state index contributed by atoms with van der Waals surface area (Å²) in [7, 11) is 0. The molecule has 0 amide bonds. The average Bonchev–Trinajstić information content (AvgIpc) is 2.53. The number of nitrogens with two attached hydrogens (primary N) is 1. The zero-order valence-corrected chi connectivity index (χ0v) is 16.5. The van der Waals surface area contributed by atoms with Gasteiger partial charge in [0.05, 0.1) is 0 Å². The Balaban J connectivity index is 3.30. The Morgan fingerprint density at radius 1 is 1.28 bits per heavy atom. The van der Waals surface area contributed by atoms with Gasteiger partial charge in [0.1, 0.15) is 5.82 Å². The maximum atomic E-state index is 12.5. The standard InChI is InChI=1S/C17H31N5O2S/c1-5-7-9-19-17(25)22(11-12(3)4)13-14(18)21(10-8-6-2)16(24)20-15(13)23/h12H,5-11,18H2,1-4H3,(H,19,25)(H,20,23,24). The summed E-state index contributed by atoms with van der Waals surface area (Å²) >= 11 is 5.49. The number of H-pyrrole nitrogens is 1. The van der Waals surface area contributed by atoms with Gasteiger partial charge >= 0.3 is 5.69 Å². The number of rotatable bonds is 9. The predicted octanol–water partition coefficient (Wildman–Crippen LogP) is 2.06. The molecule has 0 saturated heterocycles. The van der Waals surface area contributed by atoms with Gasteiger partial charge in [0, 0.05) is 19.6 Å². The van der Waals surface area contributed by atoms with Crippen LogP contribution < -0.4 is 27.2 Å². The highest BCUT2D eigenvalue weighted by Gasteiger charge is 2.22. The monoisotopic (exact) mass is 369 g/mol. The normalized spacial score (nSPS) is 10.9. The fraction of sp³-hybridized carbons (Fsp3) is 0.706. The first-order chi connectivity index (χ1) is 11.8. The van der Waals surface area contributed by atoms with Crippen molar-refractivity contribution < 1.29 is 0 Å². The van der Waals surface area contributed by atoms with Crippen LogP contribution >= 0.6 is 12.2 Å². The Hall–Kier alpha value is -1.83. The van der Waals surface area contributed by atoms with Crippen molar-refractivity contribution in [3.63, 3.8) is 0 Å². The van der Waals surface area contributed by atoms with Gasteiger partial charge in [0.15, 0.2) is 10.8 Å². The number of hydrogen-bond acceptors (Lipinski definition) is 4. The van der Waals surface area contributed by atoms with Crippen LogP contribution in [0.5, 0.6) is 0 Å². The number of aromatic amines is 1. The summed E-state index contributed by atoms with van der Waals surface area (Å²) in [6, 6.07) is 0. The lowest BCUT2D eigenvalue weighted by Gasteiger charge is -2.28. The molecule has 1 aromatic rings. The molecule has 0 unspecified atom stereocenters. The molecule has 0 fully saturated rings. The molecule has 1 rings (SSSR count). The lowest BCUT2D eigenvalue weighted by molar-refractivity contribution is 0.600. The van der Waals surface area contributed by atoms with Gasteiger partial charge in [-0.3, -0.25) is 14.3 Å². The number of hydrogen-bond donors (Lipinski definition) is 3. The van der Waals surface area contributed by atoms with Crippen LogP contribution in [-0.2, 0) is 6.54 Å². The highest BCUT2D eigenvalue weighted by Crippen LogP contribution is 2.19. The lowest BCUT2D eigenvalue weighted by atomic mass is 10.2. The zero-order chi connectivity index (χ0) is 19.0. The molecule has 4 N–H and O–H groups in total. The topological polar surface area (TPSA) is 96.2 Å². The Morgan fingerprint density at radius 2 is 1.92 bits per heavy atom. The van der Waals surface area contributed by atoms with E-state index in [2.05, 4.69) is 17.2 Å². The summed E-state index contributed by atoms with van der Waals surface area (Å²) in [6.45, 7) is 9.96. The molecule has 8 heteroatoms. The van der Waals surface area contributed by atoms with Crippen LogP contribution in [0.3, 0.4) is 0 Å². The summed E-state index contributed by atoms with van der Waals surface area (Å²) in [5.41, 5.74) is 5.48. The molecule has 142 valence electrons. The van der Waals surface area contributed by atoms with Crippen molar-refractivity contribution in [2.45, 2.75) is 59.9 Å². The Kier molecular flexibility index (Phi) is 8.68. The second-order valence-electron chi connectivity index (χ2n) is 6.59. The second-order valence-corrected chi connectivity index (χ2v) is 6.97. The van der Waals surface area contributed by atoms with E-state index in [1.807, 2.05) is 20.8 Å². The summed E-state index contributed by atoms with van der Waals surface area (Å²) in [5, 5.41) is 3.64. The van der Waals surface area contributed by atoms with Gasteiger partial charge in [-0.25, -0.2) is 4.79 Å². The maximum Gasteiger partial charge on any atom is 0.330 e. The minimum Gasteiger partial charge on any atom is -0.383 e. The van der Waals surface area contributed by atoms with Crippen LogP contribution in [0.2, 0.25) is 0 Å². The molecule has 0 radical (unpaired) electrons. The molecule has 1 heterocycles. The van der Waals surface area contributed by atoms with Crippen molar-refractivity contribution in [2.24, 2.45) is 5.92 Å². The van der Waals surface area contributed by atoms with Gasteiger partial charge in [-0.1, -0.05) is 40.5 Å². The SMILES string of the molecule is CCCCNC(=S)N(CC(C)C)c1c(N)n(CCCC)c(=O)[nH]c1=O. The van der Waals surface area contributed by atoms with E-state index in [4.69, 9.17) is 18.0 Å². The molecule has 0 atom stereocenters. The van der Waals surface area contributed by atoms with Crippen LogP contribution in [0.15, 0.2) is 9.59 Å². The average molecular weight is 370 g/mol. The lowest BCUT2D eigenvalue weighted by Crippen LogP contribution is -2.47. The highest BCUT2D eigenvalue weighted by molar-refractivity contribution is 7.80. The molecule has 0 aliphatic heterocycles. The number of thiocarbonyl (C=S) groups is 1. The first-order valence-corrected chi connectivity index (χ1v) is 9.42. The van der Waals surface area contributed by atoms with Crippen LogP contribution in [0.1, 0.15) is 53.4 Å². The first kappa shape index (κ1) is 21.2. The van der Waals surface area contributed by atoms with Crippen LogP contribution in [0.25, 0.3) is 0 Å². The summed E-state index contributed by atoms with van der Waals surface area (Å²) in [4.78, 5) is 28.7. The van der Waals surface area contributed by atoms with Gasteiger partial charge < -0.3 is 16.0 Å². The van der Waals surface area contributed by atoms with E-state index in [-0.39, 0.29) is 17.4 Å². The van der Waals surface area contributed by atoms with Crippen LogP contribution in [-0.4, -0.2) is 27.8 Å². The second kappa shape index (κ2) is 10.2. The zero-order valence-electron chi connectivity index (χ0n) is 15.7. The third-order valence-corrected chi connectivity index (χ3v) is 4.18. The summed E-state index contributed by atoms with van der Waals surface area (Å²) in [5.74, 6) is 0.434. The number of nitrogens with one attached hydrogen (secondary N) is 2. The molecule has 0 aliphatic rings. The first-order valence-electron chi connectivity index (χ1n) is 9.01. The quantitative estimate of drug-likeness (QED) is 0.455. The molecule has 1 aromatic heterocycles. The number of nitrogen functional groups attached to an aromatic ring is 1. The largest absolute Gasteiger partial charge is 0.383 e. The highest BCUT2D eigenvalue weighted by atomic mass is 32.1. The van der Waals surface area contributed by atoms with E-state index >= 15 is 0 Å². The van der Waals surface area contributed by atoms with Crippen molar-refractivity contribution in [3.8, 4) is 0 Å². The fourth-order valence-corrected chi connectivity index (χ4v) is 2.75. The van der Waals surface area contributed by atoms with Gasteiger partial charge in [-0.05, 0) is 31.0 Å². The van der Waals surface area contributed by atoms with E-state index in [1.165, 1.54) is 4.57 Å². The minimum absolute atomic E-state index is 0.169. The Morgan fingerprint density at radius 3 is 2.48 bits per heavy atom. The van der Waals surface area contributed by atoms with E-state index in [0.717, 1.165) is 32.2 Å². The van der Waals surface area contributed by atoms with Gasteiger partial charge in [0.25, 0.3) is 5.56 Å². The molecule has 0 spiro atoms. The number of unbranched alkanes of at least 4 members (excludes halogenated alkanes) is 2. The molecule has 7 nitrogen and oxygen atoms in total. The Bertz CT molecular complexity index is 681. The summed E-state index contributed by atoms with van der Waals surface area (Å²) in [6.07, 6.45) is 3.76. The molecular weight excluding hydrogens is 338 g/mol. The van der Waals surface area contributed by atoms with Gasteiger partial charge in [-0.15, -0.1) is 0 Å². The molecule has 0 aromatic carbocycles. The molecule has 0 bridgehead atoms. The van der Waals surface area contributed by atoms with Crippen LogP contribution in [0.4, 0.5) is 11.5 Å². The third kappa shape index (κ3) is 5.88. The van der Waals surface area contributed by atoms with E-state index in [0.29, 0.717) is 18.2 Å². The number of aromatic nitrogens is 2. The maximum absolute atomic E-state index is 12.5. The van der Waals surface area contributed by atoms with E-state index < -0.39 is 11.2 Å². The molecular formula is C17H31N5O2S. The van der Waals surface area contributed by atoms with E-state index in [9.17, 15) is 9.59 Å². The smallest absolute Gasteiger partial charge is 0.330 e. The van der Waals surface area contributed by atoms with Crippen molar-refractivity contribution in [2.75, 3.05) is 23.7 Å². The minimum atomic E-state index is -0.504. The van der Waals surface area contributed by atoms with Crippen molar-refractivity contribution in [3.05, 3.63) is 20.8 Å². The van der Waals surface area contributed by atoms with Crippen molar-refractivity contribution in [1.29, 1.82) is 0 Å². The van der Waals surface area contributed by atoms with Gasteiger partial charge in [-0.2, -0.15) is 0 Å². The fourth-order valence-electron chi connectivity index (χ4n) is 2.48. The van der Waals surface area contributed by atoms with E-state index in [1.54, 1.807) is 4.90 Å².